The highest BCUT2D eigenvalue weighted by molar-refractivity contribution is 5.94. The Morgan fingerprint density at radius 3 is 2.89 bits per heavy atom. The van der Waals surface area contributed by atoms with Crippen molar-refractivity contribution in [3.05, 3.63) is 18.1 Å². The summed E-state index contributed by atoms with van der Waals surface area (Å²) >= 11 is 0. The number of likely N-dealkylation sites (tertiary alicyclic amines) is 1. The van der Waals surface area contributed by atoms with Gasteiger partial charge in [0.25, 0.3) is 0 Å². The molecule has 0 aliphatic carbocycles. The average molecular weight is 264 g/mol. The monoisotopic (exact) mass is 264 g/mol. The second-order valence-corrected chi connectivity index (χ2v) is 4.72. The molecule has 0 unspecified atom stereocenters. The number of methoxy groups -OCH3 is 1. The molecule has 0 N–H and O–H groups in total. The van der Waals surface area contributed by atoms with Gasteiger partial charge >= 0.3 is 5.97 Å². The Hall–Kier alpha value is -1.69. The zero-order valence-electron chi connectivity index (χ0n) is 11.5. The van der Waals surface area contributed by atoms with Crippen LogP contribution in [0.15, 0.2) is 12.5 Å². The minimum Gasteiger partial charge on any atom is -0.465 e. The lowest BCUT2D eigenvalue weighted by atomic mass is 10.3. The van der Waals surface area contributed by atoms with Gasteiger partial charge in [0.15, 0.2) is 0 Å². The van der Waals surface area contributed by atoms with Gasteiger partial charge in [-0.15, -0.1) is 0 Å². The van der Waals surface area contributed by atoms with Gasteiger partial charge in [0, 0.05) is 26.3 Å². The van der Waals surface area contributed by atoms with Crippen LogP contribution in [0.4, 0.5) is 5.82 Å². The largest absolute Gasteiger partial charge is 0.465 e. The van der Waals surface area contributed by atoms with E-state index in [2.05, 4.69) is 14.9 Å². The lowest BCUT2D eigenvalue weighted by molar-refractivity contribution is 0.0600. The Kier molecular flexibility index (Phi) is 4.68. The summed E-state index contributed by atoms with van der Waals surface area (Å²) in [5.74, 6) is 0.227. The van der Waals surface area contributed by atoms with Crippen LogP contribution in [0, 0.1) is 0 Å². The van der Waals surface area contributed by atoms with E-state index in [4.69, 9.17) is 4.74 Å². The molecule has 1 fully saturated rings. The van der Waals surface area contributed by atoms with Crippen molar-refractivity contribution < 1.29 is 9.53 Å². The predicted octanol–water partition coefficient (Wildman–Crippen LogP) is 0.795. The van der Waals surface area contributed by atoms with Crippen LogP contribution in [0.3, 0.4) is 0 Å². The third-order valence-electron chi connectivity index (χ3n) is 3.41. The van der Waals surface area contributed by atoms with Crippen molar-refractivity contribution in [2.45, 2.75) is 12.8 Å². The zero-order chi connectivity index (χ0) is 13.7. The van der Waals surface area contributed by atoms with Gasteiger partial charge < -0.3 is 14.5 Å². The SMILES string of the molecule is COC(=O)c1cncnc1N(C)CCN1CCCC1. The van der Waals surface area contributed by atoms with Crippen molar-refractivity contribution >= 4 is 11.8 Å². The van der Waals surface area contributed by atoms with E-state index in [0.29, 0.717) is 11.4 Å². The first-order valence-corrected chi connectivity index (χ1v) is 6.54. The van der Waals surface area contributed by atoms with Crippen LogP contribution in [0.2, 0.25) is 0 Å². The summed E-state index contributed by atoms with van der Waals surface area (Å²) in [4.78, 5) is 24.1. The molecule has 6 heteroatoms. The molecule has 0 atom stereocenters. The van der Waals surface area contributed by atoms with Crippen LogP contribution < -0.4 is 4.90 Å². The molecule has 6 nitrogen and oxygen atoms in total. The number of anilines is 1. The van der Waals surface area contributed by atoms with Crippen LogP contribution in [0.25, 0.3) is 0 Å². The fourth-order valence-corrected chi connectivity index (χ4v) is 2.28. The number of hydrogen-bond acceptors (Lipinski definition) is 6. The van der Waals surface area contributed by atoms with Crippen LogP contribution >= 0.6 is 0 Å². The summed E-state index contributed by atoms with van der Waals surface area (Å²) < 4.78 is 4.75. The van der Waals surface area contributed by atoms with Crippen molar-refractivity contribution in [3.8, 4) is 0 Å². The lowest BCUT2D eigenvalue weighted by Gasteiger charge is -2.23. The predicted molar refractivity (Wildman–Crippen MR) is 72.3 cm³/mol. The number of carbonyl (C=O) groups is 1. The van der Waals surface area contributed by atoms with E-state index in [1.807, 2.05) is 11.9 Å². The Labute approximate surface area is 113 Å². The molecule has 1 aliphatic rings. The van der Waals surface area contributed by atoms with Crippen LogP contribution in [-0.4, -0.2) is 61.2 Å². The van der Waals surface area contributed by atoms with Crippen molar-refractivity contribution in [2.24, 2.45) is 0 Å². The maximum Gasteiger partial charge on any atom is 0.343 e. The first-order chi connectivity index (χ1) is 9.22. The van der Waals surface area contributed by atoms with E-state index in [9.17, 15) is 4.79 Å². The number of carbonyl (C=O) groups excluding carboxylic acids is 1. The summed E-state index contributed by atoms with van der Waals surface area (Å²) in [5, 5.41) is 0. The molecular formula is C13H20N4O2. The molecule has 1 saturated heterocycles. The minimum atomic E-state index is -0.399. The third kappa shape index (κ3) is 3.41. The first-order valence-electron chi connectivity index (χ1n) is 6.54. The van der Waals surface area contributed by atoms with E-state index < -0.39 is 5.97 Å². The van der Waals surface area contributed by atoms with Gasteiger partial charge in [0.2, 0.25) is 0 Å². The second kappa shape index (κ2) is 6.47. The maximum atomic E-state index is 11.7. The summed E-state index contributed by atoms with van der Waals surface area (Å²) in [6, 6.07) is 0. The summed E-state index contributed by atoms with van der Waals surface area (Å²) in [7, 11) is 3.30. The molecule has 0 bridgehead atoms. The molecule has 0 radical (unpaired) electrons. The molecule has 1 aromatic rings. The molecule has 0 saturated carbocycles. The first kappa shape index (κ1) is 13.7. The number of esters is 1. The second-order valence-electron chi connectivity index (χ2n) is 4.72. The van der Waals surface area contributed by atoms with E-state index in [-0.39, 0.29) is 0 Å². The van der Waals surface area contributed by atoms with E-state index in [1.165, 1.54) is 45.6 Å². The maximum absolute atomic E-state index is 11.7. The number of aromatic nitrogens is 2. The van der Waals surface area contributed by atoms with E-state index in [0.717, 1.165) is 13.1 Å². The topological polar surface area (TPSA) is 58.6 Å². The third-order valence-corrected chi connectivity index (χ3v) is 3.41. The van der Waals surface area contributed by atoms with Crippen molar-refractivity contribution in [3.63, 3.8) is 0 Å². The van der Waals surface area contributed by atoms with E-state index in [1.54, 1.807) is 0 Å². The van der Waals surface area contributed by atoms with Crippen LogP contribution in [-0.2, 0) is 4.74 Å². The van der Waals surface area contributed by atoms with Gasteiger partial charge in [-0.25, -0.2) is 14.8 Å². The number of rotatable bonds is 5. The highest BCUT2D eigenvalue weighted by Crippen LogP contribution is 2.16. The molecule has 19 heavy (non-hydrogen) atoms. The quantitative estimate of drug-likeness (QED) is 0.733. The average Bonchev–Trinajstić information content (AvgIpc) is 2.97. The Morgan fingerprint density at radius 2 is 2.21 bits per heavy atom. The number of likely N-dealkylation sites (N-methyl/N-ethyl adjacent to an activating group) is 1. The van der Waals surface area contributed by atoms with Gasteiger partial charge in [-0.05, 0) is 25.9 Å². The van der Waals surface area contributed by atoms with Crippen molar-refractivity contribution in [1.82, 2.24) is 14.9 Å². The van der Waals surface area contributed by atoms with Gasteiger partial charge in [0.05, 0.1) is 7.11 Å². The Morgan fingerprint density at radius 1 is 1.47 bits per heavy atom. The molecule has 2 rings (SSSR count). The smallest absolute Gasteiger partial charge is 0.343 e. The molecule has 0 aromatic carbocycles. The van der Waals surface area contributed by atoms with Crippen LogP contribution in [0.1, 0.15) is 23.2 Å². The Balaban J connectivity index is 2.01. The number of nitrogens with zero attached hydrogens (tertiary/aromatic N) is 4. The van der Waals surface area contributed by atoms with Gasteiger partial charge in [-0.2, -0.15) is 0 Å². The molecule has 0 spiro atoms. The van der Waals surface area contributed by atoms with Crippen molar-refractivity contribution in [1.29, 1.82) is 0 Å². The minimum absolute atomic E-state index is 0.399. The summed E-state index contributed by atoms with van der Waals surface area (Å²) in [6.45, 7) is 4.16. The fourth-order valence-electron chi connectivity index (χ4n) is 2.28. The molecular weight excluding hydrogens is 244 g/mol. The van der Waals surface area contributed by atoms with Gasteiger partial charge in [0.1, 0.15) is 17.7 Å². The van der Waals surface area contributed by atoms with Gasteiger partial charge in [-0.1, -0.05) is 0 Å². The summed E-state index contributed by atoms with van der Waals surface area (Å²) in [6.07, 6.45) is 5.52. The molecule has 1 aromatic heterocycles. The highest BCUT2D eigenvalue weighted by atomic mass is 16.5. The Bertz CT molecular complexity index is 432. The van der Waals surface area contributed by atoms with Crippen LogP contribution in [0.5, 0.6) is 0 Å². The normalized spacial score (nSPS) is 15.5. The van der Waals surface area contributed by atoms with E-state index >= 15 is 0 Å². The molecule has 1 aliphatic heterocycles. The molecule has 0 amide bonds. The molecule has 104 valence electrons. The number of ether oxygens (including phenoxy) is 1. The highest BCUT2D eigenvalue weighted by Gasteiger charge is 2.18. The number of hydrogen-bond donors (Lipinski definition) is 0. The fraction of sp³-hybridized carbons (Fsp3) is 0.615. The standard InChI is InChI=1S/C13H20N4O2/c1-16(7-8-17-5-3-4-6-17)12-11(13(18)19-2)9-14-10-15-12/h9-10H,3-8H2,1-2H3. The van der Waals surface area contributed by atoms with Crippen molar-refractivity contribution in [2.75, 3.05) is 45.2 Å². The molecule has 2 heterocycles. The summed E-state index contributed by atoms with van der Waals surface area (Å²) in [5.41, 5.74) is 0.411. The zero-order valence-corrected chi connectivity index (χ0v) is 11.5. The van der Waals surface area contributed by atoms with Gasteiger partial charge in [-0.3, -0.25) is 0 Å². The lowest BCUT2D eigenvalue weighted by Crippen LogP contribution is -2.32.